The topological polar surface area (TPSA) is 117 Å². The number of hydrogen-bond donors (Lipinski definition) is 4. The maximum atomic E-state index is 12.2. The van der Waals surface area contributed by atoms with Crippen molar-refractivity contribution >= 4 is 11.6 Å². The number of hydrogen-bond acceptors (Lipinski definition) is 7. The average molecular weight is 297 g/mol. The molecule has 4 N–H and O–H groups in total. The zero-order valence-electron chi connectivity index (χ0n) is 11.1. The molecule has 0 aliphatic carbocycles. The molecule has 0 unspecified atom stereocenters. The van der Waals surface area contributed by atoms with Gasteiger partial charge in [0, 0.05) is 6.07 Å². The summed E-state index contributed by atoms with van der Waals surface area (Å²) in [6.07, 6.45) is -4.59. The summed E-state index contributed by atoms with van der Waals surface area (Å²) in [5.74, 6) is -2.13. The molecule has 1 fully saturated rings. The molecule has 1 spiro atoms. The van der Waals surface area contributed by atoms with E-state index in [1.165, 1.54) is 13.2 Å². The summed E-state index contributed by atoms with van der Waals surface area (Å²) in [5, 5.41) is 31.9. The summed E-state index contributed by atoms with van der Waals surface area (Å²) >= 11 is 0. The first kappa shape index (κ1) is 14.1. The molecule has 2 aliphatic heterocycles. The van der Waals surface area contributed by atoms with Crippen molar-refractivity contribution in [3.05, 3.63) is 18.2 Å². The van der Waals surface area contributed by atoms with Crippen LogP contribution in [0.5, 0.6) is 11.5 Å². The minimum atomic E-state index is -2.10. The summed E-state index contributed by atoms with van der Waals surface area (Å²) in [6, 6.07) is 4.74. The van der Waals surface area contributed by atoms with Crippen molar-refractivity contribution in [2.45, 2.75) is 24.1 Å². The maximum absolute atomic E-state index is 12.2. The Morgan fingerprint density at radius 3 is 2.86 bits per heavy atom. The first-order valence-corrected chi connectivity index (χ1v) is 6.34. The van der Waals surface area contributed by atoms with Gasteiger partial charge >= 0.3 is 5.79 Å². The van der Waals surface area contributed by atoms with Crippen LogP contribution in [0.2, 0.25) is 0 Å². The van der Waals surface area contributed by atoms with Gasteiger partial charge in [-0.25, -0.2) is 0 Å². The lowest BCUT2D eigenvalue weighted by molar-refractivity contribution is -0.292. The van der Waals surface area contributed by atoms with Crippen molar-refractivity contribution in [1.82, 2.24) is 0 Å². The molecule has 0 saturated carbocycles. The third-order valence-electron chi connectivity index (χ3n) is 3.59. The summed E-state index contributed by atoms with van der Waals surface area (Å²) in [5.41, 5.74) is 0.392. The molecule has 21 heavy (non-hydrogen) atoms. The predicted octanol–water partition coefficient (Wildman–Crippen LogP) is -1.16. The standard InChI is InChI=1S/C13H15NO7/c1-19-6-2-3-7-9(4-6)21-13(12(18)14-7)11(17)10(16)8(15)5-20-13/h2-4,8,10-11,15-17H,5H2,1H3,(H,14,18)/t8-,10-,11+,13+/m1/s1. The number of rotatable bonds is 1. The van der Waals surface area contributed by atoms with Crippen LogP contribution in [0, 0.1) is 0 Å². The minimum absolute atomic E-state index is 0.233. The van der Waals surface area contributed by atoms with E-state index in [4.69, 9.17) is 14.2 Å². The fourth-order valence-electron chi connectivity index (χ4n) is 2.35. The molecule has 0 aromatic heterocycles. The van der Waals surface area contributed by atoms with E-state index in [9.17, 15) is 20.1 Å². The quantitative estimate of drug-likeness (QED) is 0.516. The summed E-state index contributed by atoms with van der Waals surface area (Å²) < 4.78 is 15.8. The second-order valence-corrected chi connectivity index (χ2v) is 4.90. The highest BCUT2D eigenvalue weighted by Gasteiger charge is 2.59. The molecule has 1 aromatic rings. The number of nitrogens with one attached hydrogen (secondary N) is 1. The van der Waals surface area contributed by atoms with Crippen LogP contribution in [0.3, 0.4) is 0 Å². The fourth-order valence-corrected chi connectivity index (χ4v) is 2.35. The molecule has 8 nitrogen and oxygen atoms in total. The second-order valence-electron chi connectivity index (χ2n) is 4.90. The van der Waals surface area contributed by atoms with Gasteiger partial charge in [0.1, 0.15) is 18.0 Å². The molecule has 8 heteroatoms. The molecule has 2 aliphatic rings. The van der Waals surface area contributed by atoms with Crippen molar-refractivity contribution in [3.63, 3.8) is 0 Å². The van der Waals surface area contributed by atoms with Crippen LogP contribution in [0.4, 0.5) is 5.69 Å². The third-order valence-corrected chi connectivity index (χ3v) is 3.59. The van der Waals surface area contributed by atoms with Crippen LogP contribution >= 0.6 is 0 Å². The molecule has 4 atom stereocenters. The number of aliphatic hydroxyl groups excluding tert-OH is 3. The number of amides is 1. The zero-order valence-corrected chi connectivity index (χ0v) is 11.1. The number of aliphatic hydroxyl groups is 3. The lowest BCUT2D eigenvalue weighted by Gasteiger charge is -2.45. The van der Waals surface area contributed by atoms with Crippen LogP contribution < -0.4 is 14.8 Å². The third kappa shape index (κ3) is 2.04. The molecule has 114 valence electrons. The molecule has 2 heterocycles. The van der Waals surface area contributed by atoms with Crippen LogP contribution in [0.25, 0.3) is 0 Å². The number of benzene rings is 1. The molecule has 1 aromatic carbocycles. The van der Waals surface area contributed by atoms with E-state index >= 15 is 0 Å². The van der Waals surface area contributed by atoms with E-state index in [2.05, 4.69) is 5.32 Å². The largest absolute Gasteiger partial charge is 0.497 e. The van der Waals surface area contributed by atoms with Crippen LogP contribution in [-0.4, -0.2) is 59.0 Å². The van der Waals surface area contributed by atoms with Gasteiger partial charge in [-0.3, -0.25) is 4.79 Å². The number of methoxy groups -OCH3 is 1. The Labute approximate surface area is 119 Å². The highest BCUT2D eigenvalue weighted by atomic mass is 16.7. The number of fused-ring (bicyclic) bond motifs is 1. The number of carbonyl (C=O) groups excluding carboxylic acids is 1. The Morgan fingerprint density at radius 1 is 1.38 bits per heavy atom. The van der Waals surface area contributed by atoms with Gasteiger partial charge in [0.05, 0.1) is 19.4 Å². The first-order valence-electron chi connectivity index (χ1n) is 6.34. The molecule has 3 rings (SSSR count). The minimum Gasteiger partial charge on any atom is -0.497 e. The smallest absolute Gasteiger partial charge is 0.320 e. The summed E-state index contributed by atoms with van der Waals surface area (Å²) in [4.78, 5) is 12.2. The van der Waals surface area contributed by atoms with E-state index in [0.717, 1.165) is 0 Å². The first-order chi connectivity index (χ1) is 9.98. The van der Waals surface area contributed by atoms with Crippen molar-refractivity contribution in [1.29, 1.82) is 0 Å². The van der Waals surface area contributed by atoms with Crippen molar-refractivity contribution in [2.24, 2.45) is 0 Å². The lowest BCUT2D eigenvalue weighted by atomic mass is 9.95. The fraction of sp³-hybridized carbons (Fsp3) is 0.462. The zero-order chi connectivity index (χ0) is 15.2. The summed E-state index contributed by atoms with van der Waals surface area (Å²) in [6.45, 7) is -0.342. The van der Waals surface area contributed by atoms with E-state index < -0.39 is 30.0 Å². The number of carbonyl (C=O) groups is 1. The SMILES string of the molecule is COc1ccc2c(c1)O[C@]1(OC[C@@H](O)[C@@H](O)[C@@H]1O)C(=O)N2. The van der Waals surface area contributed by atoms with Gasteiger partial charge in [0.25, 0.3) is 5.91 Å². The summed E-state index contributed by atoms with van der Waals surface area (Å²) in [7, 11) is 1.48. The molecule has 1 amide bonds. The van der Waals surface area contributed by atoms with Gasteiger partial charge < -0.3 is 34.8 Å². The number of ether oxygens (including phenoxy) is 3. The Balaban J connectivity index is 1.99. The average Bonchev–Trinajstić information content (AvgIpc) is 2.49. The van der Waals surface area contributed by atoms with Gasteiger partial charge in [-0.2, -0.15) is 0 Å². The molecular weight excluding hydrogens is 282 g/mol. The predicted molar refractivity (Wildman–Crippen MR) is 69.0 cm³/mol. The van der Waals surface area contributed by atoms with Crippen molar-refractivity contribution in [3.8, 4) is 11.5 Å². The van der Waals surface area contributed by atoms with E-state index in [1.54, 1.807) is 12.1 Å². The van der Waals surface area contributed by atoms with Crippen molar-refractivity contribution in [2.75, 3.05) is 19.0 Å². The monoisotopic (exact) mass is 297 g/mol. The van der Waals surface area contributed by atoms with Gasteiger partial charge in [0.2, 0.25) is 0 Å². The van der Waals surface area contributed by atoms with E-state index in [0.29, 0.717) is 11.4 Å². The van der Waals surface area contributed by atoms with Gasteiger partial charge in [-0.1, -0.05) is 0 Å². The van der Waals surface area contributed by atoms with E-state index in [1.807, 2.05) is 0 Å². The highest BCUT2D eigenvalue weighted by Crippen LogP contribution is 2.40. The van der Waals surface area contributed by atoms with Crippen molar-refractivity contribution < 1.29 is 34.3 Å². The molecule has 0 radical (unpaired) electrons. The van der Waals surface area contributed by atoms with Crippen LogP contribution in [0.1, 0.15) is 0 Å². The Bertz CT molecular complexity index is 578. The maximum Gasteiger partial charge on any atom is 0.320 e. The van der Waals surface area contributed by atoms with Gasteiger partial charge in [-0.15, -0.1) is 0 Å². The van der Waals surface area contributed by atoms with Gasteiger partial charge in [0.15, 0.2) is 11.9 Å². The van der Waals surface area contributed by atoms with Gasteiger partial charge in [-0.05, 0) is 12.1 Å². The normalized spacial score (nSPS) is 34.9. The highest BCUT2D eigenvalue weighted by molar-refractivity contribution is 6.00. The molecule has 1 saturated heterocycles. The van der Waals surface area contributed by atoms with Crippen LogP contribution in [0.15, 0.2) is 18.2 Å². The molecular formula is C13H15NO7. The Kier molecular flexibility index (Phi) is 3.25. The second kappa shape index (κ2) is 4.85. The van der Waals surface area contributed by atoms with E-state index in [-0.39, 0.29) is 12.4 Å². The Morgan fingerprint density at radius 2 is 2.14 bits per heavy atom. The Hall–Kier alpha value is -1.87. The lowest BCUT2D eigenvalue weighted by Crippen LogP contribution is -2.69. The molecule has 0 bridgehead atoms. The number of anilines is 1. The van der Waals surface area contributed by atoms with Crippen LogP contribution in [-0.2, 0) is 9.53 Å².